The molecule has 1 aromatic heterocycles. The molecule has 0 spiro atoms. The normalized spacial score (nSPS) is 15.5. The molecule has 30 heavy (non-hydrogen) atoms. The molecule has 0 fully saturated rings. The van der Waals surface area contributed by atoms with E-state index in [1.54, 1.807) is 0 Å². The van der Waals surface area contributed by atoms with Gasteiger partial charge in [0, 0.05) is 27.7 Å². The van der Waals surface area contributed by atoms with Crippen LogP contribution in [0.4, 0.5) is 0 Å². The van der Waals surface area contributed by atoms with Gasteiger partial charge in [-0.3, -0.25) is 9.89 Å². The molecule has 4 aromatic rings. The molecule has 1 aliphatic heterocycles. The number of aromatic amines is 1. The Bertz CT molecular complexity index is 1220. The molecule has 1 N–H and O–H groups in total. The highest BCUT2D eigenvalue weighted by atomic mass is 35.5. The lowest BCUT2D eigenvalue weighted by Gasteiger charge is -2.27. The van der Waals surface area contributed by atoms with E-state index >= 15 is 0 Å². The average Bonchev–Trinajstić information content (AvgIpc) is 3.30. The molecule has 148 valence electrons. The van der Waals surface area contributed by atoms with Gasteiger partial charge >= 0.3 is 0 Å². The SMILES string of the molecule is O=C1c2[nH]nc(-c3ccc(Cl)cc3)c2C(c2ccccc2)N1Cc1ccccc1Cl. The summed E-state index contributed by atoms with van der Waals surface area (Å²) in [4.78, 5) is 15.2. The maximum Gasteiger partial charge on any atom is 0.273 e. The van der Waals surface area contributed by atoms with Gasteiger partial charge in [0.15, 0.2) is 0 Å². The molecule has 4 nitrogen and oxygen atoms in total. The van der Waals surface area contributed by atoms with Gasteiger partial charge in [-0.15, -0.1) is 0 Å². The molecule has 0 bridgehead atoms. The Labute approximate surface area is 184 Å². The van der Waals surface area contributed by atoms with Crippen LogP contribution in [0.15, 0.2) is 78.9 Å². The lowest BCUT2D eigenvalue weighted by Crippen LogP contribution is -2.29. The molecule has 1 unspecified atom stereocenters. The summed E-state index contributed by atoms with van der Waals surface area (Å²) in [7, 11) is 0. The molecule has 2 heterocycles. The standard InChI is InChI=1S/C24H17Cl2N3O/c25-18-12-10-15(11-13-18)21-20-22(28-27-21)24(30)29(14-17-8-4-5-9-19(17)26)23(20)16-6-2-1-3-7-16/h1-13,23H,14H2,(H,27,28). The van der Waals surface area contributed by atoms with Crippen molar-refractivity contribution in [3.8, 4) is 11.3 Å². The van der Waals surface area contributed by atoms with Crippen LogP contribution in [-0.2, 0) is 6.54 Å². The lowest BCUT2D eigenvalue weighted by atomic mass is 9.96. The van der Waals surface area contributed by atoms with Gasteiger partial charge in [0.2, 0.25) is 0 Å². The van der Waals surface area contributed by atoms with Crippen LogP contribution in [0.2, 0.25) is 10.0 Å². The molecule has 0 radical (unpaired) electrons. The molecule has 1 aliphatic rings. The first-order valence-corrected chi connectivity index (χ1v) is 10.3. The van der Waals surface area contributed by atoms with E-state index in [1.165, 1.54) is 0 Å². The predicted octanol–water partition coefficient (Wildman–Crippen LogP) is 6.13. The number of fused-ring (bicyclic) bond motifs is 1. The fraction of sp³-hybridized carbons (Fsp3) is 0.0833. The molecule has 0 saturated carbocycles. The minimum atomic E-state index is -0.269. The van der Waals surface area contributed by atoms with Gasteiger partial charge in [0.05, 0.1) is 11.7 Å². The van der Waals surface area contributed by atoms with Gasteiger partial charge in [-0.25, -0.2) is 0 Å². The van der Waals surface area contributed by atoms with Gasteiger partial charge in [-0.05, 0) is 29.3 Å². The molecular weight excluding hydrogens is 417 g/mol. The van der Waals surface area contributed by atoms with E-state index in [4.69, 9.17) is 23.2 Å². The third-order valence-corrected chi connectivity index (χ3v) is 6.02. The molecule has 1 amide bonds. The first-order valence-electron chi connectivity index (χ1n) is 9.57. The van der Waals surface area contributed by atoms with Gasteiger partial charge in [0.1, 0.15) is 5.69 Å². The monoisotopic (exact) mass is 433 g/mol. The van der Waals surface area contributed by atoms with Crippen molar-refractivity contribution in [3.05, 3.63) is 111 Å². The molecule has 1 atom stereocenters. The summed E-state index contributed by atoms with van der Waals surface area (Å²) in [5, 5.41) is 8.75. The van der Waals surface area contributed by atoms with Gasteiger partial charge in [-0.1, -0.05) is 83.9 Å². The molecule has 6 heteroatoms. The maximum atomic E-state index is 13.4. The molecule has 5 rings (SSSR count). The number of H-pyrrole nitrogens is 1. The Kier molecular flexibility index (Phi) is 4.81. The number of hydrogen-bond donors (Lipinski definition) is 1. The fourth-order valence-corrected chi connectivity index (χ4v) is 4.30. The van der Waals surface area contributed by atoms with Gasteiger partial charge < -0.3 is 4.90 Å². The van der Waals surface area contributed by atoms with Crippen LogP contribution >= 0.6 is 23.2 Å². The van der Waals surface area contributed by atoms with Crippen molar-refractivity contribution in [2.24, 2.45) is 0 Å². The highest BCUT2D eigenvalue weighted by Crippen LogP contribution is 2.43. The van der Waals surface area contributed by atoms with Crippen LogP contribution in [0, 0.1) is 0 Å². The summed E-state index contributed by atoms with van der Waals surface area (Å²) >= 11 is 12.5. The van der Waals surface area contributed by atoms with Crippen LogP contribution in [-0.4, -0.2) is 21.0 Å². The number of halogens is 2. The summed E-state index contributed by atoms with van der Waals surface area (Å²) in [5.41, 5.74) is 4.98. The van der Waals surface area contributed by atoms with E-state index in [0.29, 0.717) is 22.3 Å². The number of nitrogens with zero attached hydrogens (tertiary/aromatic N) is 2. The number of nitrogens with one attached hydrogen (secondary N) is 1. The van der Waals surface area contributed by atoms with E-state index in [1.807, 2.05) is 83.8 Å². The third-order valence-electron chi connectivity index (χ3n) is 5.40. The number of aromatic nitrogens is 2. The zero-order valence-electron chi connectivity index (χ0n) is 15.8. The average molecular weight is 434 g/mol. The summed E-state index contributed by atoms with van der Waals surface area (Å²) in [5.74, 6) is -0.0912. The van der Waals surface area contributed by atoms with Gasteiger partial charge in [-0.2, -0.15) is 5.10 Å². The molecule has 0 saturated heterocycles. The first-order chi connectivity index (χ1) is 14.6. The van der Waals surface area contributed by atoms with E-state index in [2.05, 4.69) is 10.2 Å². The van der Waals surface area contributed by atoms with E-state index in [-0.39, 0.29) is 11.9 Å². The summed E-state index contributed by atoms with van der Waals surface area (Å²) in [6.45, 7) is 0.403. The highest BCUT2D eigenvalue weighted by Gasteiger charge is 2.42. The zero-order valence-corrected chi connectivity index (χ0v) is 17.4. The Morgan fingerprint density at radius 3 is 2.33 bits per heavy atom. The highest BCUT2D eigenvalue weighted by molar-refractivity contribution is 6.31. The van der Waals surface area contributed by atoms with Crippen molar-refractivity contribution in [2.75, 3.05) is 0 Å². The Balaban J connectivity index is 1.65. The van der Waals surface area contributed by atoms with Crippen molar-refractivity contribution in [1.29, 1.82) is 0 Å². The fourth-order valence-electron chi connectivity index (χ4n) is 3.98. The summed E-state index contributed by atoms with van der Waals surface area (Å²) in [6, 6.07) is 24.8. The Morgan fingerprint density at radius 2 is 1.60 bits per heavy atom. The topological polar surface area (TPSA) is 49.0 Å². The molecular formula is C24H17Cl2N3O. The van der Waals surface area contributed by atoms with Crippen LogP contribution in [0.25, 0.3) is 11.3 Å². The first kappa shape index (κ1) is 18.9. The van der Waals surface area contributed by atoms with Crippen molar-refractivity contribution < 1.29 is 4.79 Å². The Hall–Kier alpha value is -3.08. The van der Waals surface area contributed by atoms with E-state index in [0.717, 1.165) is 27.9 Å². The summed E-state index contributed by atoms with van der Waals surface area (Å²) < 4.78 is 0. The van der Waals surface area contributed by atoms with E-state index in [9.17, 15) is 4.79 Å². The lowest BCUT2D eigenvalue weighted by molar-refractivity contribution is 0.0730. The Morgan fingerprint density at radius 1 is 0.900 bits per heavy atom. The van der Waals surface area contributed by atoms with E-state index < -0.39 is 0 Å². The second-order valence-electron chi connectivity index (χ2n) is 7.21. The molecule has 3 aromatic carbocycles. The largest absolute Gasteiger partial charge is 0.322 e. The number of hydrogen-bond acceptors (Lipinski definition) is 2. The van der Waals surface area contributed by atoms with Crippen LogP contribution in [0.5, 0.6) is 0 Å². The van der Waals surface area contributed by atoms with Crippen molar-refractivity contribution in [2.45, 2.75) is 12.6 Å². The van der Waals surface area contributed by atoms with Crippen molar-refractivity contribution in [1.82, 2.24) is 15.1 Å². The second-order valence-corrected chi connectivity index (χ2v) is 8.05. The van der Waals surface area contributed by atoms with Crippen LogP contribution in [0.1, 0.15) is 33.2 Å². The number of carbonyl (C=O) groups is 1. The summed E-state index contributed by atoms with van der Waals surface area (Å²) in [6.07, 6.45) is 0. The van der Waals surface area contributed by atoms with Crippen LogP contribution < -0.4 is 0 Å². The number of rotatable bonds is 4. The van der Waals surface area contributed by atoms with Gasteiger partial charge in [0.25, 0.3) is 5.91 Å². The minimum absolute atomic E-state index is 0.0912. The maximum absolute atomic E-state index is 13.4. The zero-order chi connectivity index (χ0) is 20.7. The smallest absolute Gasteiger partial charge is 0.273 e. The predicted molar refractivity (Wildman–Crippen MR) is 119 cm³/mol. The number of benzene rings is 3. The second kappa shape index (κ2) is 7.63. The van der Waals surface area contributed by atoms with Crippen molar-refractivity contribution in [3.63, 3.8) is 0 Å². The third kappa shape index (κ3) is 3.18. The molecule has 0 aliphatic carbocycles. The minimum Gasteiger partial charge on any atom is -0.322 e. The number of amides is 1. The quantitative estimate of drug-likeness (QED) is 0.420. The van der Waals surface area contributed by atoms with Crippen molar-refractivity contribution >= 4 is 29.1 Å². The van der Waals surface area contributed by atoms with Crippen LogP contribution in [0.3, 0.4) is 0 Å². The number of carbonyl (C=O) groups excluding carboxylic acids is 1.